The molecule has 22 heavy (non-hydrogen) atoms. The van der Waals surface area contributed by atoms with E-state index in [9.17, 15) is 33.4 Å². The number of anilines is 1. The lowest BCUT2D eigenvalue weighted by Gasteiger charge is -2.19. The summed E-state index contributed by atoms with van der Waals surface area (Å²) in [5.41, 5.74) is -3.63. The van der Waals surface area contributed by atoms with Crippen molar-refractivity contribution in [2.24, 2.45) is 5.92 Å². The third-order valence-corrected chi connectivity index (χ3v) is 3.40. The molecule has 1 fully saturated rings. The summed E-state index contributed by atoms with van der Waals surface area (Å²) in [6.07, 6.45) is -3.11. The Morgan fingerprint density at radius 1 is 1.18 bits per heavy atom. The molecule has 0 saturated heterocycles. The van der Waals surface area contributed by atoms with Gasteiger partial charge in [-0.2, -0.15) is 13.2 Å². The Kier molecular flexibility index (Phi) is 3.94. The molecule has 1 aromatic rings. The smallest absolute Gasteiger partial charge is 0.363 e. The third-order valence-electron chi connectivity index (χ3n) is 3.40. The molecule has 0 heterocycles. The zero-order chi connectivity index (χ0) is 16.7. The number of halogens is 3. The Bertz CT molecular complexity index is 594. The summed E-state index contributed by atoms with van der Waals surface area (Å²) in [5.74, 6) is 0.256. The topological polar surface area (TPSA) is 89.5 Å². The summed E-state index contributed by atoms with van der Waals surface area (Å²) in [7, 11) is 1.40. The van der Waals surface area contributed by atoms with Gasteiger partial charge in [0.05, 0.1) is 15.4 Å². The Labute approximate surface area is 122 Å². The minimum Gasteiger partial charge on any atom is -0.363 e. The first-order chi connectivity index (χ1) is 10.1. The molecule has 0 spiro atoms. The highest BCUT2D eigenvalue weighted by Crippen LogP contribution is 2.43. The summed E-state index contributed by atoms with van der Waals surface area (Å²) >= 11 is 0. The van der Waals surface area contributed by atoms with E-state index in [0.29, 0.717) is 18.7 Å². The van der Waals surface area contributed by atoms with Gasteiger partial charge in [0.15, 0.2) is 5.69 Å². The maximum absolute atomic E-state index is 12.8. The molecule has 1 saturated carbocycles. The normalized spacial score (nSPS) is 14.7. The fourth-order valence-corrected chi connectivity index (χ4v) is 2.22. The predicted octanol–water partition coefficient (Wildman–Crippen LogP) is 3.37. The Morgan fingerprint density at radius 2 is 1.64 bits per heavy atom. The van der Waals surface area contributed by atoms with Crippen molar-refractivity contribution in [3.05, 3.63) is 37.9 Å². The molecule has 120 valence electrons. The van der Waals surface area contributed by atoms with Crippen molar-refractivity contribution < 1.29 is 23.0 Å². The molecule has 0 aliphatic heterocycles. The fourth-order valence-electron chi connectivity index (χ4n) is 2.22. The number of hydrogen-bond donors (Lipinski definition) is 0. The maximum atomic E-state index is 12.8. The van der Waals surface area contributed by atoms with Gasteiger partial charge in [0.2, 0.25) is 0 Å². The number of rotatable bonds is 5. The summed E-state index contributed by atoms with van der Waals surface area (Å²) < 4.78 is 38.3. The van der Waals surface area contributed by atoms with Gasteiger partial charge in [-0.25, -0.2) is 0 Å². The fraction of sp³-hybridized carbons (Fsp3) is 0.500. The number of nitro benzene ring substituents is 2. The van der Waals surface area contributed by atoms with Crippen LogP contribution in [0.3, 0.4) is 0 Å². The number of nitrogens with zero attached hydrogens (tertiary/aromatic N) is 3. The molecule has 1 aromatic carbocycles. The van der Waals surface area contributed by atoms with Crippen LogP contribution < -0.4 is 4.90 Å². The molecule has 0 aromatic heterocycles. The van der Waals surface area contributed by atoms with Gasteiger partial charge in [-0.1, -0.05) is 0 Å². The van der Waals surface area contributed by atoms with Crippen LogP contribution in [0.5, 0.6) is 0 Å². The molecular weight excluding hydrogens is 307 g/mol. The van der Waals surface area contributed by atoms with Crippen LogP contribution in [0, 0.1) is 26.1 Å². The van der Waals surface area contributed by atoms with Crippen LogP contribution in [0.2, 0.25) is 0 Å². The van der Waals surface area contributed by atoms with Crippen LogP contribution in [-0.4, -0.2) is 23.4 Å². The minimum atomic E-state index is -4.90. The van der Waals surface area contributed by atoms with Gasteiger partial charge in [0, 0.05) is 25.7 Å². The van der Waals surface area contributed by atoms with Crippen molar-refractivity contribution in [2.45, 2.75) is 19.0 Å². The van der Waals surface area contributed by atoms with Crippen molar-refractivity contribution in [2.75, 3.05) is 18.5 Å². The molecule has 0 amide bonds. The predicted molar refractivity (Wildman–Crippen MR) is 70.7 cm³/mol. The van der Waals surface area contributed by atoms with Crippen LogP contribution in [0.1, 0.15) is 18.4 Å². The van der Waals surface area contributed by atoms with Crippen LogP contribution >= 0.6 is 0 Å². The highest BCUT2D eigenvalue weighted by molar-refractivity contribution is 5.76. The molecule has 0 N–H and O–H groups in total. The van der Waals surface area contributed by atoms with E-state index in [0.717, 1.165) is 12.8 Å². The van der Waals surface area contributed by atoms with E-state index in [1.807, 2.05) is 0 Å². The van der Waals surface area contributed by atoms with E-state index >= 15 is 0 Å². The van der Waals surface area contributed by atoms with E-state index in [-0.39, 0.29) is 5.92 Å². The van der Waals surface area contributed by atoms with Crippen molar-refractivity contribution in [1.82, 2.24) is 0 Å². The van der Waals surface area contributed by atoms with E-state index in [1.54, 1.807) is 0 Å². The highest BCUT2D eigenvalue weighted by Gasteiger charge is 2.39. The second kappa shape index (κ2) is 5.43. The van der Waals surface area contributed by atoms with E-state index in [4.69, 9.17) is 0 Å². The number of hydrogen-bond acceptors (Lipinski definition) is 5. The first kappa shape index (κ1) is 16.0. The van der Waals surface area contributed by atoms with Gasteiger partial charge >= 0.3 is 6.18 Å². The van der Waals surface area contributed by atoms with Crippen molar-refractivity contribution >= 4 is 17.1 Å². The molecule has 2 rings (SSSR count). The van der Waals surface area contributed by atoms with Gasteiger partial charge in [0.25, 0.3) is 11.4 Å². The van der Waals surface area contributed by atoms with Crippen LogP contribution in [0.15, 0.2) is 12.1 Å². The zero-order valence-corrected chi connectivity index (χ0v) is 11.5. The quantitative estimate of drug-likeness (QED) is 0.613. The lowest BCUT2D eigenvalue weighted by molar-refractivity contribution is -0.393. The molecule has 0 atom stereocenters. The van der Waals surface area contributed by atoms with Crippen molar-refractivity contribution in [3.63, 3.8) is 0 Å². The highest BCUT2D eigenvalue weighted by atomic mass is 19.4. The molecule has 7 nitrogen and oxygen atoms in total. The van der Waals surface area contributed by atoms with Gasteiger partial charge in [-0.3, -0.25) is 20.2 Å². The van der Waals surface area contributed by atoms with Crippen LogP contribution in [0.4, 0.5) is 30.2 Å². The standard InChI is InChI=1S/C12H12F3N3O4/c1-16(6-7-2-3-7)11-9(17(19)20)4-8(12(13,14)15)5-10(11)18(21)22/h4-5,7H,2-3,6H2,1H3. The third kappa shape index (κ3) is 3.26. The monoisotopic (exact) mass is 319 g/mol. The second-order valence-electron chi connectivity index (χ2n) is 5.20. The van der Waals surface area contributed by atoms with Crippen molar-refractivity contribution in [3.8, 4) is 0 Å². The lowest BCUT2D eigenvalue weighted by Crippen LogP contribution is -2.23. The first-order valence-corrected chi connectivity index (χ1v) is 6.36. The molecule has 0 bridgehead atoms. The van der Waals surface area contributed by atoms with Gasteiger partial charge in [-0.05, 0) is 18.8 Å². The Hall–Kier alpha value is -2.39. The average Bonchev–Trinajstić information content (AvgIpc) is 3.19. The van der Waals surface area contributed by atoms with Crippen molar-refractivity contribution in [1.29, 1.82) is 0 Å². The summed E-state index contributed by atoms with van der Waals surface area (Å²) in [6.45, 7) is 0.326. The molecule has 0 radical (unpaired) electrons. The Balaban J connectivity index is 2.61. The first-order valence-electron chi connectivity index (χ1n) is 6.36. The number of benzene rings is 1. The number of alkyl halides is 3. The van der Waals surface area contributed by atoms with E-state index in [1.165, 1.54) is 11.9 Å². The average molecular weight is 319 g/mol. The Morgan fingerprint density at radius 3 is 1.95 bits per heavy atom. The SMILES string of the molecule is CN(CC1CC1)c1c([N+](=O)[O-])cc(C(F)(F)F)cc1[N+](=O)[O-]. The molecule has 1 aliphatic rings. The maximum Gasteiger partial charge on any atom is 0.416 e. The van der Waals surface area contributed by atoms with E-state index < -0.39 is 38.6 Å². The second-order valence-corrected chi connectivity index (χ2v) is 5.20. The molecule has 0 unspecified atom stereocenters. The minimum absolute atomic E-state index is 0.256. The summed E-state index contributed by atoms with van der Waals surface area (Å²) in [6, 6.07) is 0.678. The number of nitro groups is 2. The molecule has 10 heteroatoms. The molecule has 1 aliphatic carbocycles. The largest absolute Gasteiger partial charge is 0.416 e. The van der Waals surface area contributed by atoms with Crippen LogP contribution in [0.25, 0.3) is 0 Å². The van der Waals surface area contributed by atoms with E-state index in [2.05, 4.69) is 0 Å². The van der Waals surface area contributed by atoms with Gasteiger partial charge < -0.3 is 4.90 Å². The summed E-state index contributed by atoms with van der Waals surface area (Å²) in [5, 5.41) is 22.1. The van der Waals surface area contributed by atoms with Gasteiger partial charge in [-0.15, -0.1) is 0 Å². The van der Waals surface area contributed by atoms with Crippen LogP contribution in [-0.2, 0) is 6.18 Å². The zero-order valence-electron chi connectivity index (χ0n) is 11.5. The molecular formula is C12H12F3N3O4. The lowest BCUT2D eigenvalue weighted by atomic mass is 10.1. The van der Waals surface area contributed by atoms with Gasteiger partial charge in [0.1, 0.15) is 0 Å². The summed E-state index contributed by atoms with van der Waals surface area (Å²) in [4.78, 5) is 21.4.